The third kappa shape index (κ3) is 4.04. The van der Waals surface area contributed by atoms with E-state index in [-0.39, 0.29) is 12.0 Å². The molecule has 0 amide bonds. The van der Waals surface area contributed by atoms with E-state index in [2.05, 4.69) is 31.0 Å². The molecule has 2 N–H and O–H groups in total. The molecule has 0 radical (unpaired) electrons. The van der Waals surface area contributed by atoms with Crippen molar-refractivity contribution in [3.8, 4) is 0 Å². The van der Waals surface area contributed by atoms with Crippen molar-refractivity contribution in [2.75, 3.05) is 32.8 Å². The van der Waals surface area contributed by atoms with Crippen molar-refractivity contribution in [1.29, 1.82) is 0 Å². The van der Waals surface area contributed by atoms with Gasteiger partial charge in [-0.2, -0.15) is 0 Å². The smallest absolute Gasteiger partial charge is 0.0496 e. The third-order valence-corrected chi connectivity index (χ3v) is 4.01. The van der Waals surface area contributed by atoms with Crippen molar-refractivity contribution in [1.82, 2.24) is 10.2 Å². The maximum atomic E-state index is 9.36. The Hall–Kier alpha value is -0.120. The van der Waals surface area contributed by atoms with Crippen molar-refractivity contribution < 1.29 is 5.11 Å². The Labute approximate surface area is 100 Å². The Morgan fingerprint density at radius 1 is 1.44 bits per heavy atom. The van der Waals surface area contributed by atoms with Gasteiger partial charge in [0.1, 0.15) is 0 Å². The number of hydrogen-bond acceptors (Lipinski definition) is 3. The second-order valence-corrected chi connectivity index (χ2v) is 5.44. The number of nitrogens with one attached hydrogen (secondary N) is 1. The number of aliphatic hydroxyl groups is 1. The van der Waals surface area contributed by atoms with E-state index < -0.39 is 0 Å². The molecule has 1 saturated heterocycles. The summed E-state index contributed by atoms with van der Waals surface area (Å²) in [6.45, 7) is 11.3. The number of hydrogen-bond donors (Lipinski definition) is 2. The van der Waals surface area contributed by atoms with Gasteiger partial charge in [0.2, 0.25) is 0 Å². The Balaban J connectivity index is 2.31. The number of nitrogens with zero attached hydrogens (tertiary/aromatic N) is 1. The lowest BCUT2D eigenvalue weighted by molar-refractivity contribution is 0.121. The number of likely N-dealkylation sites (N-methyl/N-ethyl adjacent to an activating group) is 1. The Kier molecular flexibility index (Phi) is 5.73. The molecule has 1 fully saturated rings. The minimum atomic E-state index is 0.0501. The minimum absolute atomic E-state index is 0.0501. The standard InChI is InChI=1S/C13H28N2O/c1-4-13(3,11-16)10-14-12-7-6-8-15(5-2)9-12/h12,14,16H,4-11H2,1-3H3. The van der Waals surface area contributed by atoms with E-state index in [1.165, 1.54) is 25.9 Å². The Morgan fingerprint density at radius 2 is 2.19 bits per heavy atom. The number of aliphatic hydroxyl groups excluding tert-OH is 1. The molecule has 0 aromatic rings. The van der Waals surface area contributed by atoms with Crippen LogP contribution >= 0.6 is 0 Å². The van der Waals surface area contributed by atoms with Crippen molar-refractivity contribution in [3.63, 3.8) is 0 Å². The normalized spacial score (nSPS) is 26.6. The molecule has 0 aromatic carbocycles. The Bertz CT molecular complexity index is 192. The van der Waals surface area contributed by atoms with Gasteiger partial charge >= 0.3 is 0 Å². The molecule has 3 heteroatoms. The second-order valence-electron chi connectivity index (χ2n) is 5.44. The van der Waals surface area contributed by atoms with Crippen LogP contribution in [0.2, 0.25) is 0 Å². The molecule has 0 aromatic heterocycles. The molecule has 16 heavy (non-hydrogen) atoms. The molecule has 2 unspecified atom stereocenters. The summed E-state index contributed by atoms with van der Waals surface area (Å²) in [5, 5.41) is 13.0. The van der Waals surface area contributed by atoms with Crippen LogP contribution in [-0.2, 0) is 0 Å². The molecule has 1 rings (SSSR count). The highest BCUT2D eigenvalue weighted by Gasteiger charge is 2.24. The quantitative estimate of drug-likeness (QED) is 0.722. The van der Waals surface area contributed by atoms with Gasteiger partial charge in [-0.3, -0.25) is 0 Å². The van der Waals surface area contributed by atoms with Crippen LogP contribution in [-0.4, -0.2) is 48.8 Å². The summed E-state index contributed by atoms with van der Waals surface area (Å²) in [6, 6.07) is 0.617. The van der Waals surface area contributed by atoms with Crippen LogP contribution in [0.1, 0.15) is 40.0 Å². The van der Waals surface area contributed by atoms with Gasteiger partial charge in [-0.15, -0.1) is 0 Å². The van der Waals surface area contributed by atoms with E-state index in [1.54, 1.807) is 0 Å². The maximum Gasteiger partial charge on any atom is 0.0496 e. The predicted octanol–water partition coefficient (Wildman–Crippen LogP) is 1.47. The average molecular weight is 228 g/mol. The fourth-order valence-corrected chi connectivity index (χ4v) is 2.19. The first-order valence-electron chi connectivity index (χ1n) is 6.70. The van der Waals surface area contributed by atoms with E-state index in [0.717, 1.165) is 19.5 Å². The molecular weight excluding hydrogens is 200 g/mol. The zero-order valence-electron chi connectivity index (χ0n) is 11.1. The fraction of sp³-hybridized carbons (Fsp3) is 1.00. The highest BCUT2D eigenvalue weighted by molar-refractivity contribution is 4.81. The topological polar surface area (TPSA) is 35.5 Å². The monoisotopic (exact) mass is 228 g/mol. The summed E-state index contributed by atoms with van der Waals surface area (Å²) >= 11 is 0. The van der Waals surface area contributed by atoms with Gasteiger partial charge in [0, 0.05) is 31.2 Å². The number of likely N-dealkylation sites (tertiary alicyclic amines) is 1. The molecule has 1 aliphatic heterocycles. The molecular formula is C13H28N2O. The molecule has 0 aliphatic carbocycles. The summed E-state index contributed by atoms with van der Waals surface area (Å²) in [6.07, 6.45) is 3.61. The summed E-state index contributed by atoms with van der Waals surface area (Å²) < 4.78 is 0. The first-order valence-corrected chi connectivity index (χ1v) is 6.70. The molecule has 1 heterocycles. The SMILES string of the molecule is CCN1CCCC(NCC(C)(CC)CO)C1. The lowest BCUT2D eigenvalue weighted by atomic mass is 9.88. The van der Waals surface area contributed by atoms with Crippen molar-refractivity contribution >= 4 is 0 Å². The van der Waals surface area contributed by atoms with Gasteiger partial charge in [-0.05, 0) is 32.4 Å². The van der Waals surface area contributed by atoms with Crippen LogP contribution in [0.15, 0.2) is 0 Å². The zero-order chi connectivity index (χ0) is 12.0. The van der Waals surface area contributed by atoms with Gasteiger partial charge in [0.15, 0.2) is 0 Å². The van der Waals surface area contributed by atoms with Crippen LogP contribution < -0.4 is 5.32 Å². The molecule has 0 spiro atoms. The predicted molar refractivity (Wildman–Crippen MR) is 68.6 cm³/mol. The summed E-state index contributed by atoms with van der Waals surface area (Å²) in [4.78, 5) is 2.50. The molecule has 96 valence electrons. The zero-order valence-corrected chi connectivity index (χ0v) is 11.1. The van der Waals surface area contributed by atoms with E-state index in [0.29, 0.717) is 6.04 Å². The minimum Gasteiger partial charge on any atom is -0.396 e. The number of rotatable bonds is 6. The van der Waals surface area contributed by atoms with E-state index in [1.807, 2.05) is 0 Å². The van der Waals surface area contributed by atoms with E-state index in [9.17, 15) is 5.11 Å². The number of piperidine rings is 1. The highest BCUT2D eigenvalue weighted by Crippen LogP contribution is 2.19. The molecule has 0 bridgehead atoms. The Morgan fingerprint density at radius 3 is 2.75 bits per heavy atom. The summed E-state index contributed by atoms with van der Waals surface area (Å²) in [5.41, 5.74) is 0.0501. The van der Waals surface area contributed by atoms with Crippen LogP contribution in [0.25, 0.3) is 0 Å². The van der Waals surface area contributed by atoms with Gasteiger partial charge in [0.05, 0.1) is 0 Å². The van der Waals surface area contributed by atoms with Crippen LogP contribution in [0.3, 0.4) is 0 Å². The van der Waals surface area contributed by atoms with Crippen LogP contribution in [0.4, 0.5) is 0 Å². The average Bonchev–Trinajstić information content (AvgIpc) is 2.36. The lowest BCUT2D eigenvalue weighted by Crippen LogP contribution is -2.48. The van der Waals surface area contributed by atoms with Gasteiger partial charge < -0.3 is 15.3 Å². The fourth-order valence-electron chi connectivity index (χ4n) is 2.19. The summed E-state index contributed by atoms with van der Waals surface area (Å²) in [7, 11) is 0. The third-order valence-electron chi connectivity index (χ3n) is 4.01. The highest BCUT2D eigenvalue weighted by atomic mass is 16.3. The molecule has 3 nitrogen and oxygen atoms in total. The van der Waals surface area contributed by atoms with E-state index in [4.69, 9.17) is 0 Å². The van der Waals surface area contributed by atoms with Crippen molar-refractivity contribution in [2.24, 2.45) is 5.41 Å². The largest absolute Gasteiger partial charge is 0.396 e. The molecule has 0 saturated carbocycles. The van der Waals surface area contributed by atoms with Gasteiger partial charge in [-0.1, -0.05) is 20.8 Å². The second kappa shape index (κ2) is 6.58. The van der Waals surface area contributed by atoms with Gasteiger partial charge in [-0.25, -0.2) is 0 Å². The summed E-state index contributed by atoms with van der Waals surface area (Å²) in [5.74, 6) is 0. The van der Waals surface area contributed by atoms with Gasteiger partial charge in [0.25, 0.3) is 0 Å². The van der Waals surface area contributed by atoms with E-state index >= 15 is 0 Å². The molecule has 1 aliphatic rings. The van der Waals surface area contributed by atoms with Crippen molar-refractivity contribution in [2.45, 2.75) is 46.1 Å². The first-order chi connectivity index (χ1) is 7.63. The van der Waals surface area contributed by atoms with Crippen LogP contribution in [0.5, 0.6) is 0 Å². The maximum absolute atomic E-state index is 9.36. The lowest BCUT2D eigenvalue weighted by Gasteiger charge is -2.35. The first kappa shape index (κ1) is 13.9. The van der Waals surface area contributed by atoms with Crippen LogP contribution in [0, 0.1) is 5.41 Å². The molecule has 2 atom stereocenters. The van der Waals surface area contributed by atoms with Crippen molar-refractivity contribution in [3.05, 3.63) is 0 Å².